The molecule has 0 saturated carbocycles. The van der Waals surface area contributed by atoms with Gasteiger partial charge in [-0.3, -0.25) is 4.90 Å². The number of hydrogen-bond acceptors (Lipinski definition) is 3. The molecule has 0 N–H and O–H groups in total. The maximum absolute atomic E-state index is 12.4. The second-order valence-corrected chi connectivity index (χ2v) is 6.69. The van der Waals surface area contributed by atoms with Crippen LogP contribution in [-0.2, 0) is 11.3 Å². The summed E-state index contributed by atoms with van der Waals surface area (Å²) in [6, 6.07) is 8.59. The Morgan fingerprint density at radius 1 is 1.05 bits per heavy atom. The average Bonchev–Trinajstić information content (AvgIpc) is 2.56. The number of ether oxygens (including phenoxy) is 1. The van der Waals surface area contributed by atoms with Crippen molar-refractivity contribution in [2.24, 2.45) is 0 Å². The summed E-state index contributed by atoms with van der Waals surface area (Å²) in [7, 11) is 0. The van der Waals surface area contributed by atoms with Crippen LogP contribution in [0.25, 0.3) is 0 Å². The Balaban J connectivity index is 1.48. The van der Waals surface area contributed by atoms with Gasteiger partial charge in [0.05, 0.1) is 13.2 Å². The Kier molecular flexibility index (Phi) is 5.33. The highest BCUT2D eigenvalue weighted by atomic mass is 79.9. The van der Waals surface area contributed by atoms with E-state index < -0.39 is 0 Å². The molecular formula is C16H22BrN3O2. The molecule has 0 aromatic heterocycles. The first-order chi connectivity index (χ1) is 10.7. The molecular weight excluding hydrogens is 346 g/mol. The summed E-state index contributed by atoms with van der Waals surface area (Å²) in [6.45, 7) is 7.19. The van der Waals surface area contributed by atoms with E-state index in [-0.39, 0.29) is 6.03 Å². The van der Waals surface area contributed by atoms with Crippen LogP contribution in [0.1, 0.15) is 5.56 Å². The van der Waals surface area contributed by atoms with Crippen LogP contribution in [0.15, 0.2) is 28.7 Å². The van der Waals surface area contributed by atoms with E-state index in [1.807, 2.05) is 15.9 Å². The van der Waals surface area contributed by atoms with Crippen molar-refractivity contribution in [1.29, 1.82) is 0 Å². The van der Waals surface area contributed by atoms with Crippen molar-refractivity contribution in [3.63, 3.8) is 0 Å². The van der Waals surface area contributed by atoms with Crippen LogP contribution in [0, 0.1) is 0 Å². The standard InChI is InChI=1S/C16H22BrN3O2/c17-15-3-1-2-14(12-15)13-18-4-6-19(7-5-18)16(21)20-8-10-22-11-9-20/h1-3,12H,4-11,13H2. The average molecular weight is 368 g/mol. The molecule has 2 saturated heterocycles. The summed E-state index contributed by atoms with van der Waals surface area (Å²) in [5, 5.41) is 0. The highest BCUT2D eigenvalue weighted by Gasteiger charge is 2.26. The smallest absolute Gasteiger partial charge is 0.320 e. The van der Waals surface area contributed by atoms with E-state index in [2.05, 4.69) is 39.0 Å². The zero-order chi connectivity index (χ0) is 15.4. The normalized spacial score (nSPS) is 20.2. The van der Waals surface area contributed by atoms with Gasteiger partial charge in [0.2, 0.25) is 0 Å². The van der Waals surface area contributed by atoms with Crippen LogP contribution in [0.4, 0.5) is 4.79 Å². The first-order valence-corrected chi connectivity index (χ1v) is 8.60. The van der Waals surface area contributed by atoms with Gasteiger partial charge in [0.15, 0.2) is 0 Å². The summed E-state index contributed by atoms with van der Waals surface area (Å²) >= 11 is 3.51. The van der Waals surface area contributed by atoms with Crippen LogP contribution in [0.2, 0.25) is 0 Å². The van der Waals surface area contributed by atoms with E-state index in [0.717, 1.165) is 50.3 Å². The van der Waals surface area contributed by atoms with Gasteiger partial charge in [-0.15, -0.1) is 0 Å². The molecule has 1 aromatic carbocycles. The van der Waals surface area contributed by atoms with Gasteiger partial charge in [-0.2, -0.15) is 0 Å². The largest absolute Gasteiger partial charge is 0.378 e. The fraction of sp³-hybridized carbons (Fsp3) is 0.562. The summed E-state index contributed by atoms with van der Waals surface area (Å²) in [6.07, 6.45) is 0. The van der Waals surface area contributed by atoms with E-state index in [1.54, 1.807) is 0 Å². The maximum Gasteiger partial charge on any atom is 0.320 e. The summed E-state index contributed by atoms with van der Waals surface area (Å²) in [5.74, 6) is 0. The van der Waals surface area contributed by atoms with Gasteiger partial charge in [-0.05, 0) is 17.7 Å². The molecule has 2 heterocycles. The van der Waals surface area contributed by atoms with Gasteiger partial charge in [-0.25, -0.2) is 4.79 Å². The van der Waals surface area contributed by atoms with Crippen molar-refractivity contribution in [2.45, 2.75) is 6.54 Å². The molecule has 0 bridgehead atoms. The van der Waals surface area contributed by atoms with Crippen molar-refractivity contribution in [1.82, 2.24) is 14.7 Å². The zero-order valence-corrected chi connectivity index (χ0v) is 14.3. The molecule has 2 amide bonds. The molecule has 120 valence electrons. The number of urea groups is 1. The van der Waals surface area contributed by atoms with E-state index in [0.29, 0.717) is 13.2 Å². The van der Waals surface area contributed by atoms with Crippen LogP contribution >= 0.6 is 15.9 Å². The number of carbonyl (C=O) groups excluding carboxylic acids is 1. The zero-order valence-electron chi connectivity index (χ0n) is 12.7. The molecule has 0 unspecified atom stereocenters. The van der Waals surface area contributed by atoms with E-state index in [4.69, 9.17) is 4.74 Å². The van der Waals surface area contributed by atoms with Crippen LogP contribution < -0.4 is 0 Å². The summed E-state index contributed by atoms with van der Waals surface area (Å²) in [4.78, 5) is 18.7. The van der Waals surface area contributed by atoms with Gasteiger partial charge in [0, 0.05) is 50.3 Å². The highest BCUT2D eigenvalue weighted by Crippen LogP contribution is 2.15. The van der Waals surface area contributed by atoms with Crippen molar-refractivity contribution >= 4 is 22.0 Å². The van der Waals surface area contributed by atoms with Crippen molar-refractivity contribution in [3.8, 4) is 0 Å². The van der Waals surface area contributed by atoms with Gasteiger partial charge in [-0.1, -0.05) is 28.1 Å². The minimum absolute atomic E-state index is 0.172. The predicted molar refractivity (Wildman–Crippen MR) is 88.8 cm³/mol. The monoisotopic (exact) mass is 367 g/mol. The number of halogens is 1. The molecule has 0 spiro atoms. The first kappa shape index (κ1) is 15.8. The van der Waals surface area contributed by atoms with Gasteiger partial charge in [0.25, 0.3) is 0 Å². The molecule has 3 rings (SSSR count). The Labute approximate surface area is 139 Å². The number of piperazine rings is 1. The number of hydrogen-bond donors (Lipinski definition) is 0. The lowest BCUT2D eigenvalue weighted by molar-refractivity contribution is 0.0373. The number of morpholine rings is 1. The minimum atomic E-state index is 0.172. The number of amides is 2. The molecule has 1 aromatic rings. The molecule has 2 aliphatic rings. The first-order valence-electron chi connectivity index (χ1n) is 7.81. The fourth-order valence-corrected chi connectivity index (χ4v) is 3.39. The Bertz CT molecular complexity index is 512. The van der Waals surface area contributed by atoms with E-state index in [9.17, 15) is 4.79 Å². The molecule has 0 aliphatic carbocycles. The molecule has 22 heavy (non-hydrogen) atoms. The summed E-state index contributed by atoms with van der Waals surface area (Å²) in [5.41, 5.74) is 1.31. The Hall–Kier alpha value is -1.11. The van der Waals surface area contributed by atoms with Crippen LogP contribution in [0.3, 0.4) is 0 Å². The van der Waals surface area contributed by atoms with E-state index in [1.165, 1.54) is 5.56 Å². The van der Waals surface area contributed by atoms with Crippen molar-refractivity contribution < 1.29 is 9.53 Å². The predicted octanol–water partition coefficient (Wildman–Crippen LogP) is 2.02. The third-order valence-electron chi connectivity index (χ3n) is 4.22. The number of nitrogens with zero attached hydrogens (tertiary/aromatic N) is 3. The van der Waals surface area contributed by atoms with Gasteiger partial charge in [0.1, 0.15) is 0 Å². The summed E-state index contributed by atoms with van der Waals surface area (Å²) < 4.78 is 6.42. The van der Waals surface area contributed by atoms with Gasteiger partial charge >= 0.3 is 6.03 Å². The minimum Gasteiger partial charge on any atom is -0.378 e. The van der Waals surface area contributed by atoms with Crippen LogP contribution in [-0.4, -0.2) is 73.2 Å². The molecule has 0 atom stereocenters. The quantitative estimate of drug-likeness (QED) is 0.802. The molecule has 5 nitrogen and oxygen atoms in total. The van der Waals surface area contributed by atoms with Crippen LogP contribution in [0.5, 0.6) is 0 Å². The number of rotatable bonds is 2. The Morgan fingerprint density at radius 2 is 1.73 bits per heavy atom. The Morgan fingerprint density at radius 3 is 2.41 bits per heavy atom. The molecule has 0 radical (unpaired) electrons. The highest BCUT2D eigenvalue weighted by molar-refractivity contribution is 9.10. The molecule has 6 heteroatoms. The number of carbonyl (C=O) groups is 1. The topological polar surface area (TPSA) is 36.0 Å². The lowest BCUT2D eigenvalue weighted by Gasteiger charge is -2.38. The lowest BCUT2D eigenvalue weighted by atomic mass is 10.2. The van der Waals surface area contributed by atoms with Crippen molar-refractivity contribution in [2.75, 3.05) is 52.5 Å². The SMILES string of the molecule is O=C(N1CCOCC1)N1CCN(Cc2cccc(Br)c2)CC1. The third-order valence-corrected chi connectivity index (χ3v) is 4.71. The number of benzene rings is 1. The molecule has 2 fully saturated rings. The third kappa shape index (κ3) is 4.00. The lowest BCUT2D eigenvalue weighted by Crippen LogP contribution is -2.54. The maximum atomic E-state index is 12.4. The molecule has 2 aliphatic heterocycles. The second-order valence-electron chi connectivity index (χ2n) is 5.78. The van der Waals surface area contributed by atoms with Gasteiger partial charge < -0.3 is 14.5 Å². The second kappa shape index (κ2) is 7.44. The van der Waals surface area contributed by atoms with E-state index >= 15 is 0 Å². The van der Waals surface area contributed by atoms with Crippen molar-refractivity contribution in [3.05, 3.63) is 34.3 Å². The fourth-order valence-electron chi connectivity index (χ4n) is 2.95.